The van der Waals surface area contributed by atoms with Crippen LogP contribution in [-0.4, -0.2) is 4.98 Å². The van der Waals surface area contributed by atoms with E-state index in [-0.39, 0.29) is 6.04 Å². The molecule has 1 atom stereocenters. The molecule has 3 heteroatoms. The van der Waals surface area contributed by atoms with E-state index >= 15 is 0 Å². The van der Waals surface area contributed by atoms with Gasteiger partial charge in [0.05, 0.1) is 0 Å². The van der Waals surface area contributed by atoms with Gasteiger partial charge in [-0.2, -0.15) is 0 Å². The van der Waals surface area contributed by atoms with E-state index in [2.05, 4.69) is 46.3 Å². The summed E-state index contributed by atoms with van der Waals surface area (Å²) in [7, 11) is 0. The van der Waals surface area contributed by atoms with Crippen molar-refractivity contribution in [3.05, 3.63) is 59.3 Å². The number of hydrogen-bond acceptors (Lipinski definition) is 3. The lowest BCUT2D eigenvalue weighted by Crippen LogP contribution is -2.16. The first kappa shape index (κ1) is 11.2. The lowest BCUT2D eigenvalue weighted by atomic mass is 10.1. The van der Waals surface area contributed by atoms with Crippen LogP contribution in [0, 0.1) is 0 Å². The smallest absolute Gasteiger partial charge is 0.129 e. The third-order valence-electron chi connectivity index (χ3n) is 3.46. The van der Waals surface area contributed by atoms with Crippen LogP contribution < -0.4 is 10.6 Å². The van der Waals surface area contributed by atoms with Gasteiger partial charge in [-0.15, -0.1) is 0 Å². The Morgan fingerprint density at radius 2 is 1.78 bits per heavy atom. The minimum Gasteiger partial charge on any atom is -0.348 e. The molecule has 0 spiro atoms. The molecule has 0 fully saturated rings. The molecular weight excluding hydrogens is 222 g/mol. The Bertz CT molecular complexity index is 521. The molecule has 0 bridgehead atoms. The number of hydrogen-bond donors (Lipinski definition) is 1. The van der Waals surface area contributed by atoms with E-state index in [0.29, 0.717) is 0 Å². The van der Waals surface area contributed by atoms with Crippen molar-refractivity contribution in [3.8, 4) is 0 Å². The number of anilines is 1. The zero-order chi connectivity index (χ0) is 12.5. The van der Waals surface area contributed by atoms with Crippen molar-refractivity contribution in [3.63, 3.8) is 0 Å². The lowest BCUT2D eigenvalue weighted by molar-refractivity contribution is 0.802. The molecule has 1 aromatic carbocycles. The van der Waals surface area contributed by atoms with Crippen LogP contribution in [0.25, 0.3) is 0 Å². The molecule has 1 aliphatic heterocycles. The van der Waals surface area contributed by atoms with E-state index in [9.17, 15) is 0 Å². The largest absolute Gasteiger partial charge is 0.348 e. The van der Waals surface area contributed by atoms with E-state index in [4.69, 9.17) is 5.73 Å². The second kappa shape index (κ2) is 4.42. The monoisotopic (exact) mass is 239 g/mol. The van der Waals surface area contributed by atoms with Crippen LogP contribution >= 0.6 is 0 Å². The molecule has 0 radical (unpaired) electrons. The van der Waals surface area contributed by atoms with Gasteiger partial charge in [-0.05, 0) is 29.7 Å². The predicted octanol–water partition coefficient (Wildman–Crippen LogP) is 2.62. The van der Waals surface area contributed by atoms with Crippen LogP contribution in [0.2, 0.25) is 0 Å². The van der Waals surface area contributed by atoms with E-state index in [0.717, 1.165) is 24.5 Å². The number of fused-ring (bicyclic) bond motifs is 1. The quantitative estimate of drug-likeness (QED) is 0.876. The van der Waals surface area contributed by atoms with Gasteiger partial charge in [0, 0.05) is 25.3 Å². The molecule has 0 saturated carbocycles. The topological polar surface area (TPSA) is 42.1 Å². The Hall–Kier alpha value is -1.87. The zero-order valence-corrected chi connectivity index (χ0v) is 10.5. The Balaban J connectivity index is 1.82. The summed E-state index contributed by atoms with van der Waals surface area (Å²) in [5.41, 5.74) is 9.71. The van der Waals surface area contributed by atoms with Gasteiger partial charge in [-0.1, -0.05) is 30.3 Å². The molecule has 1 aromatic heterocycles. The Labute approximate surface area is 107 Å². The molecule has 0 saturated heterocycles. The molecule has 2 aromatic rings. The highest BCUT2D eigenvalue weighted by atomic mass is 15.2. The number of nitrogens with zero attached hydrogens (tertiary/aromatic N) is 2. The average molecular weight is 239 g/mol. The zero-order valence-electron chi connectivity index (χ0n) is 10.5. The fraction of sp³-hybridized carbons (Fsp3) is 0.267. The van der Waals surface area contributed by atoms with Crippen molar-refractivity contribution in [2.24, 2.45) is 5.73 Å². The summed E-state index contributed by atoms with van der Waals surface area (Å²) in [6.45, 7) is 3.86. The molecule has 3 rings (SSSR count). The van der Waals surface area contributed by atoms with Gasteiger partial charge in [-0.3, -0.25) is 0 Å². The van der Waals surface area contributed by atoms with Gasteiger partial charge in [0.25, 0.3) is 0 Å². The van der Waals surface area contributed by atoms with Crippen molar-refractivity contribution in [1.29, 1.82) is 0 Å². The van der Waals surface area contributed by atoms with Crippen molar-refractivity contribution in [2.45, 2.75) is 26.1 Å². The summed E-state index contributed by atoms with van der Waals surface area (Å²) in [6, 6.07) is 12.7. The van der Waals surface area contributed by atoms with Crippen LogP contribution in [0.15, 0.2) is 42.6 Å². The lowest BCUT2D eigenvalue weighted by Gasteiger charge is -2.17. The minimum absolute atomic E-state index is 0.0438. The maximum atomic E-state index is 5.83. The molecule has 2 heterocycles. The van der Waals surface area contributed by atoms with Crippen LogP contribution in [0.5, 0.6) is 0 Å². The highest BCUT2D eigenvalue weighted by Gasteiger charge is 2.19. The summed E-state index contributed by atoms with van der Waals surface area (Å²) in [6.07, 6.45) is 1.88. The van der Waals surface area contributed by atoms with Crippen molar-refractivity contribution in [2.75, 3.05) is 4.90 Å². The molecule has 2 N–H and O–H groups in total. The summed E-state index contributed by atoms with van der Waals surface area (Å²) < 4.78 is 0. The Morgan fingerprint density at radius 3 is 2.28 bits per heavy atom. The molecular formula is C15H17N3. The van der Waals surface area contributed by atoms with E-state index in [1.165, 1.54) is 11.1 Å². The Morgan fingerprint density at radius 1 is 1.11 bits per heavy atom. The molecule has 0 amide bonds. The molecule has 1 unspecified atom stereocenters. The standard InChI is InChI=1S/C15H17N3/c1-11(16)12-6-7-15(17-8-12)18-9-13-4-2-3-5-14(13)10-18/h2-8,11H,9-10,16H2,1H3. The molecule has 3 nitrogen and oxygen atoms in total. The summed E-state index contributed by atoms with van der Waals surface area (Å²) in [5.74, 6) is 1.02. The highest BCUT2D eigenvalue weighted by molar-refractivity contribution is 5.47. The fourth-order valence-electron chi connectivity index (χ4n) is 2.35. The number of nitrogens with two attached hydrogens (primary N) is 1. The van der Waals surface area contributed by atoms with Gasteiger partial charge < -0.3 is 10.6 Å². The van der Waals surface area contributed by atoms with Gasteiger partial charge in [0.1, 0.15) is 5.82 Å². The van der Waals surface area contributed by atoms with Crippen molar-refractivity contribution >= 4 is 5.82 Å². The number of rotatable bonds is 2. The van der Waals surface area contributed by atoms with Gasteiger partial charge >= 0.3 is 0 Å². The number of pyridine rings is 1. The summed E-state index contributed by atoms with van der Waals surface area (Å²) in [4.78, 5) is 6.80. The average Bonchev–Trinajstić information content (AvgIpc) is 2.82. The van der Waals surface area contributed by atoms with E-state index < -0.39 is 0 Å². The summed E-state index contributed by atoms with van der Waals surface area (Å²) >= 11 is 0. The molecule has 18 heavy (non-hydrogen) atoms. The van der Waals surface area contributed by atoms with Crippen LogP contribution in [0.4, 0.5) is 5.82 Å². The van der Waals surface area contributed by atoms with E-state index in [1.807, 2.05) is 13.1 Å². The molecule has 92 valence electrons. The predicted molar refractivity (Wildman–Crippen MR) is 73.2 cm³/mol. The third-order valence-corrected chi connectivity index (χ3v) is 3.46. The third kappa shape index (κ3) is 1.97. The van der Waals surface area contributed by atoms with Gasteiger partial charge in [0.2, 0.25) is 0 Å². The normalized spacial score (nSPS) is 15.6. The highest BCUT2D eigenvalue weighted by Crippen LogP contribution is 2.26. The maximum absolute atomic E-state index is 5.83. The fourth-order valence-corrected chi connectivity index (χ4v) is 2.35. The van der Waals surface area contributed by atoms with E-state index in [1.54, 1.807) is 0 Å². The second-order valence-electron chi connectivity index (χ2n) is 4.86. The van der Waals surface area contributed by atoms with Crippen LogP contribution in [-0.2, 0) is 13.1 Å². The van der Waals surface area contributed by atoms with Gasteiger partial charge in [0.15, 0.2) is 0 Å². The second-order valence-corrected chi connectivity index (χ2v) is 4.86. The van der Waals surface area contributed by atoms with Gasteiger partial charge in [-0.25, -0.2) is 4.98 Å². The first-order valence-electron chi connectivity index (χ1n) is 6.27. The first-order chi connectivity index (χ1) is 8.74. The Kier molecular flexibility index (Phi) is 2.76. The SMILES string of the molecule is CC(N)c1ccc(N2Cc3ccccc3C2)nc1. The van der Waals surface area contributed by atoms with Crippen molar-refractivity contribution < 1.29 is 0 Å². The minimum atomic E-state index is 0.0438. The number of aromatic nitrogens is 1. The summed E-state index contributed by atoms with van der Waals surface area (Å²) in [5, 5.41) is 0. The maximum Gasteiger partial charge on any atom is 0.129 e. The molecule has 1 aliphatic rings. The molecule has 0 aliphatic carbocycles. The number of benzene rings is 1. The van der Waals surface area contributed by atoms with Crippen molar-refractivity contribution in [1.82, 2.24) is 4.98 Å². The van der Waals surface area contributed by atoms with Crippen LogP contribution in [0.3, 0.4) is 0 Å². The van der Waals surface area contributed by atoms with Crippen LogP contribution in [0.1, 0.15) is 29.7 Å². The first-order valence-corrected chi connectivity index (χ1v) is 6.27.